The van der Waals surface area contributed by atoms with E-state index in [-0.39, 0.29) is 12.5 Å². The zero-order chi connectivity index (χ0) is 16.7. The number of hydrogen-bond acceptors (Lipinski definition) is 3. The average molecular weight is 315 g/mol. The number of unbranched alkanes of at least 4 members (excludes halogenated alkanes) is 2. The Bertz CT molecular complexity index is 760. The summed E-state index contributed by atoms with van der Waals surface area (Å²) in [5.74, 6) is -0.321. The Balaban J connectivity index is 1.92. The summed E-state index contributed by atoms with van der Waals surface area (Å²) in [6.07, 6.45) is 5.91. The molecule has 1 aromatic heterocycles. The SMILES string of the molecule is CCCCCc1ccc(NC(=O)Cn2ccc(=O)[nH]c2=O)cc1. The van der Waals surface area contributed by atoms with Gasteiger partial charge in [-0.15, -0.1) is 0 Å². The first-order valence-corrected chi connectivity index (χ1v) is 7.77. The minimum absolute atomic E-state index is 0.145. The molecule has 0 aliphatic carbocycles. The third-order valence-electron chi connectivity index (χ3n) is 3.52. The summed E-state index contributed by atoms with van der Waals surface area (Å²) in [5, 5.41) is 2.74. The Morgan fingerprint density at radius 3 is 2.52 bits per heavy atom. The normalized spacial score (nSPS) is 10.5. The van der Waals surface area contributed by atoms with E-state index in [1.54, 1.807) is 0 Å². The number of nitrogens with zero attached hydrogens (tertiary/aromatic N) is 1. The van der Waals surface area contributed by atoms with Crippen LogP contribution < -0.4 is 16.6 Å². The number of amides is 1. The van der Waals surface area contributed by atoms with E-state index >= 15 is 0 Å². The molecule has 2 N–H and O–H groups in total. The van der Waals surface area contributed by atoms with E-state index in [1.165, 1.54) is 30.7 Å². The number of aryl methyl sites for hydroxylation is 1. The fraction of sp³-hybridized carbons (Fsp3) is 0.353. The molecule has 0 aliphatic heterocycles. The molecule has 0 aliphatic rings. The van der Waals surface area contributed by atoms with Gasteiger partial charge in [-0.25, -0.2) is 4.79 Å². The molecular formula is C17H21N3O3. The molecule has 1 amide bonds. The van der Waals surface area contributed by atoms with Crippen LogP contribution in [0.2, 0.25) is 0 Å². The van der Waals surface area contributed by atoms with Crippen LogP contribution in [0.3, 0.4) is 0 Å². The number of carbonyl (C=O) groups is 1. The second kappa shape index (κ2) is 8.12. The molecule has 1 aromatic carbocycles. The number of nitrogens with one attached hydrogen (secondary N) is 2. The van der Waals surface area contributed by atoms with Crippen LogP contribution in [0.25, 0.3) is 0 Å². The van der Waals surface area contributed by atoms with Gasteiger partial charge in [-0.05, 0) is 30.5 Å². The Labute approximate surface area is 134 Å². The predicted molar refractivity (Wildman–Crippen MR) is 89.6 cm³/mol. The first-order valence-electron chi connectivity index (χ1n) is 7.77. The minimum atomic E-state index is -0.598. The van der Waals surface area contributed by atoms with Crippen molar-refractivity contribution in [3.63, 3.8) is 0 Å². The third kappa shape index (κ3) is 5.25. The third-order valence-corrected chi connectivity index (χ3v) is 3.52. The number of hydrogen-bond donors (Lipinski definition) is 2. The van der Waals surface area contributed by atoms with Crippen LogP contribution in [0.5, 0.6) is 0 Å². The monoisotopic (exact) mass is 315 g/mol. The van der Waals surface area contributed by atoms with Crippen molar-refractivity contribution in [1.29, 1.82) is 0 Å². The number of benzene rings is 1. The van der Waals surface area contributed by atoms with Crippen molar-refractivity contribution in [2.45, 2.75) is 39.2 Å². The summed E-state index contributed by atoms with van der Waals surface area (Å²) in [6.45, 7) is 2.03. The summed E-state index contributed by atoms with van der Waals surface area (Å²) in [6, 6.07) is 8.91. The van der Waals surface area contributed by atoms with Gasteiger partial charge in [0.25, 0.3) is 5.56 Å². The fourth-order valence-corrected chi connectivity index (χ4v) is 2.26. The van der Waals surface area contributed by atoms with E-state index in [4.69, 9.17) is 0 Å². The Hall–Kier alpha value is -2.63. The second-order valence-corrected chi connectivity index (χ2v) is 5.44. The van der Waals surface area contributed by atoms with Gasteiger partial charge in [0.2, 0.25) is 5.91 Å². The highest BCUT2D eigenvalue weighted by Crippen LogP contribution is 2.12. The lowest BCUT2D eigenvalue weighted by Gasteiger charge is -2.08. The molecule has 1 heterocycles. The van der Waals surface area contributed by atoms with Gasteiger partial charge in [0.15, 0.2) is 0 Å². The van der Waals surface area contributed by atoms with Crippen molar-refractivity contribution < 1.29 is 4.79 Å². The minimum Gasteiger partial charge on any atom is -0.325 e. The van der Waals surface area contributed by atoms with Crippen LogP contribution in [-0.2, 0) is 17.8 Å². The zero-order valence-electron chi connectivity index (χ0n) is 13.2. The molecule has 23 heavy (non-hydrogen) atoms. The van der Waals surface area contributed by atoms with Crippen LogP contribution in [0.1, 0.15) is 31.7 Å². The molecule has 2 aromatic rings. The highest BCUT2D eigenvalue weighted by Gasteiger charge is 2.05. The number of carbonyl (C=O) groups excluding carboxylic acids is 1. The lowest BCUT2D eigenvalue weighted by atomic mass is 10.1. The topological polar surface area (TPSA) is 84.0 Å². The maximum atomic E-state index is 12.0. The number of anilines is 1. The quantitative estimate of drug-likeness (QED) is 0.766. The van der Waals surface area contributed by atoms with Crippen molar-refractivity contribution in [1.82, 2.24) is 9.55 Å². The summed E-state index contributed by atoms with van der Waals surface area (Å²) in [5.41, 5.74) is 0.851. The zero-order valence-corrected chi connectivity index (χ0v) is 13.2. The van der Waals surface area contributed by atoms with Crippen molar-refractivity contribution in [3.05, 3.63) is 62.9 Å². The van der Waals surface area contributed by atoms with Gasteiger partial charge >= 0.3 is 5.69 Å². The van der Waals surface area contributed by atoms with Crippen molar-refractivity contribution in [2.24, 2.45) is 0 Å². The molecule has 0 spiro atoms. The lowest BCUT2D eigenvalue weighted by Crippen LogP contribution is -2.32. The molecule has 0 fully saturated rings. The van der Waals surface area contributed by atoms with E-state index in [1.807, 2.05) is 24.3 Å². The smallest absolute Gasteiger partial charge is 0.325 e. The molecular weight excluding hydrogens is 294 g/mol. The molecule has 0 saturated carbocycles. The van der Waals surface area contributed by atoms with E-state index in [9.17, 15) is 14.4 Å². The van der Waals surface area contributed by atoms with E-state index < -0.39 is 11.2 Å². The van der Waals surface area contributed by atoms with Crippen LogP contribution in [-0.4, -0.2) is 15.5 Å². The van der Waals surface area contributed by atoms with Crippen molar-refractivity contribution >= 4 is 11.6 Å². The predicted octanol–water partition coefficient (Wildman–Crippen LogP) is 1.91. The molecule has 0 atom stereocenters. The van der Waals surface area contributed by atoms with E-state index in [0.717, 1.165) is 17.4 Å². The lowest BCUT2D eigenvalue weighted by molar-refractivity contribution is -0.116. The molecule has 0 saturated heterocycles. The van der Waals surface area contributed by atoms with Gasteiger partial charge in [0, 0.05) is 18.0 Å². The highest BCUT2D eigenvalue weighted by atomic mass is 16.2. The summed E-state index contributed by atoms with van der Waals surface area (Å²) in [7, 11) is 0. The average Bonchev–Trinajstić information content (AvgIpc) is 2.52. The van der Waals surface area contributed by atoms with Gasteiger partial charge in [-0.1, -0.05) is 31.9 Å². The van der Waals surface area contributed by atoms with Gasteiger partial charge in [0.05, 0.1) is 0 Å². The number of aromatic amines is 1. The van der Waals surface area contributed by atoms with E-state index in [2.05, 4.69) is 17.2 Å². The van der Waals surface area contributed by atoms with Gasteiger partial charge in [0.1, 0.15) is 6.54 Å². The molecule has 2 rings (SSSR count). The van der Waals surface area contributed by atoms with E-state index in [0.29, 0.717) is 5.69 Å². The standard InChI is InChI=1S/C17H21N3O3/c1-2-3-4-5-13-6-8-14(9-7-13)18-16(22)12-20-11-10-15(21)19-17(20)23/h6-11H,2-5,12H2,1H3,(H,18,22)(H,19,21,23). The highest BCUT2D eigenvalue weighted by molar-refractivity contribution is 5.90. The van der Waals surface area contributed by atoms with Crippen LogP contribution in [0, 0.1) is 0 Å². The van der Waals surface area contributed by atoms with Gasteiger partial charge in [-0.2, -0.15) is 0 Å². The van der Waals surface area contributed by atoms with Gasteiger partial charge in [-0.3, -0.25) is 19.1 Å². The number of aromatic nitrogens is 2. The number of rotatable bonds is 7. The molecule has 6 heteroatoms. The summed E-state index contributed by atoms with van der Waals surface area (Å²) in [4.78, 5) is 36.6. The molecule has 6 nitrogen and oxygen atoms in total. The molecule has 0 bridgehead atoms. The molecule has 0 radical (unpaired) electrons. The fourth-order valence-electron chi connectivity index (χ4n) is 2.26. The maximum Gasteiger partial charge on any atom is 0.328 e. The second-order valence-electron chi connectivity index (χ2n) is 5.44. The van der Waals surface area contributed by atoms with Crippen molar-refractivity contribution in [3.8, 4) is 0 Å². The van der Waals surface area contributed by atoms with Gasteiger partial charge < -0.3 is 5.32 Å². The largest absolute Gasteiger partial charge is 0.328 e. The first-order chi connectivity index (χ1) is 11.1. The Morgan fingerprint density at radius 2 is 1.87 bits per heavy atom. The van der Waals surface area contributed by atoms with Crippen LogP contribution >= 0.6 is 0 Å². The summed E-state index contributed by atoms with van der Waals surface area (Å²) >= 11 is 0. The summed E-state index contributed by atoms with van der Waals surface area (Å²) < 4.78 is 1.15. The first kappa shape index (κ1) is 16.7. The Morgan fingerprint density at radius 1 is 1.13 bits per heavy atom. The molecule has 122 valence electrons. The maximum absolute atomic E-state index is 12.0. The Kier molecular flexibility index (Phi) is 5.91. The number of H-pyrrole nitrogens is 1. The van der Waals surface area contributed by atoms with Crippen LogP contribution in [0.15, 0.2) is 46.1 Å². The van der Waals surface area contributed by atoms with Crippen LogP contribution in [0.4, 0.5) is 5.69 Å². The molecule has 0 unspecified atom stereocenters. The van der Waals surface area contributed by atoms with Crippen molar-refractivity contribution in [2.75, 3.05) is 5.32 Å².